The molecule has 3 aliphatic rings. The first-order valence-electron chi connectivity index (χ1n) is 13.6. The highest BCUT2D eigenvalue weighted by Gasteiger charge is 2.27. The van der Waals surface area contributed by atoms with Crippen LogP contribution in [0.3, 0.4) is 0 Å². The largest absolute Gasteiger partial charge is 0.449 e. The molecule has 2 aromatic rings. The Labute approximate surface area is 207 Å². The predicted octanol–water partition coefficient (Wildman–Crippen LogP) is 4.05. The summed E-state index contributed by atoms with van der Waals surface area (Å²) in [6.07, 6.45) is 13.3. The van der Waals surface area contributed by atoms with E-state index in [1.165, 1.54) is 25.7 Å². The number of fused-ring (bicyclic) bond motifs is 1. The molecule has 5 rings (SSSR count). The fourth-order valence-corrected chi connectivity index (χ4v) is 5.66. The van der Waals surface area contributed by atoms with E-state index in [2.05, 4.69) is 15.2 Å². The molecular weight excluding hydrogens is 444 g/mol. The molecule has 4 N–H and O–H groups in total. The van der Waals surface area contributed by atoms with Crippen LogP contribution in [0, 0.1) is 0 Å². The smallest absolute Gasteiger partial charge is 0.409 e. The van der Waals surface area contributed by atoms with E-state index in [-0.39, 0.29) is 12.1 Å². The van der Waals surface area contributed by atoms with Gasteiger partial charge >= 0.3 is 6.09 Å². The molecule has 0 spiro atoms. The minimum absolute atomic E-state index is 0.205. The molecule has 35 heavy (non-hydrogen) atoms. The summed E-state index contributed by atoms with van der Waals surface area (Å²) in [4.78, 5) is 28.6. The Balaban J connectivity index is 1.33. The first kappa shape index (κ1) is 24.1. The van der Waals surface area contributed by atoms with E-state index in [9.17, 15) is 4.79 Å². The second kappa shape index (κ2) is 11.0. The summed E-state index contributed by atoms with van der Waals surface area (Å²) in [6, 6.07) is 1.34. The van der Waals surface area contributed by atoms with Crippen molar-refractivity contribution in [2.45, 2.75) is 102 Å². The highest BCUT2D eigenvalue weighted by Crippen LogP contribution is 2.34. The van der Waals surface area contributed by atoms with Crippen molar-refractivity contribution in [2.24, 2.45) is 5.73 Å². The molecule has 1 saturated heterocycles. The summed E-state index contributed by atoms with van der Waals surface area (Å²) in [5.74, 6) is 1.45. The van der Waals surface area contributed by atoms with E-state index in [1.807, 2.05) is 13.3 Å². The maximum Gasteiger partial charge on any atom is 0.409 e. The number of amides is 1. The molecule has 10 nitrogen and oxygen atoms in total. The quantitative estimate of drug-likeness (QED) is 0.538. The van der Waals surface area contributed by atoms with Crippen molar-refractivity contribution in [3.8, 4) is 0 Å². The molecule has 10 heteroatoms. The SMILES string of the molecule is CCCOC(=O)N1CCC(Nc2nc(NC3CCC(N)CC3)nc3c2ncn3C2CCCC2)CC1. The molecule has 1 amide bonds. The van der Waals surface area contributed by atoms with Crippen LogP contribution >= 0.6 is 0 Å². The third-order valence-corrected chi connectivity index (χ3v) is 7.77. The molecule has 0 radical (unpaired) electrons. The first-order chi connectivity index (χ1) is 17.1. The van der Waals surface area contributed by atoms with Crippen LogP contribution in [0.15, 0.2) is 6.33 Å². The minimum Gasteiger partial charge on any atom is -0.449 e. The third kappa shape index (κ3) is 5.63. The van der Waals surface area contributed by atoms with Gasteiger partial charge in [-0.3, -0.25) is 0 Å². The lowest BCUT2D eigenvalue weighted by atomic mass is 9.92. The zero-order valence-electron chi connectivity index (χ0n) is 20.9. The predicted molar refractivity (Wildman–Crippen MR) is 137 cm³/mol. The maximum atomic E-state index is 12.2. The number of carbonyl (C=O) groups is 1. The molecule has 2 aromatic heterocycles. The molecule has 2 aliphatic carbocycles. The maximum absolute atomic E-state index is 12.2. The number of likely N-dealkylation sites (tertiary alicyclic amines) is 1. The fourth-order valence-electron chi connectivity index (χ4n) is 5.66. The Kier molecular flexibility index (Phi) is 7.55. The van der Waals surface area contributed by atoms with Gasteiger partial charge in [-0.2, -0.15) is 9.97 Å². The molecule has 0 bridgehead atoms. The second-order valence-corrected chi connectivity index (χ2v) is 10.4. The van der Waals surface area contributed by atoms with Crippen LogP contribution < -0.4 is 16.4 Å². The van der Waals surface area contributed by atoms with Gasteiger partial charge in [0.2, 0.25) is 5.95 Å². The van der Waals surface area contributed by atoms with Gasteiger partial charge in [0.1, 0.15) is 0 Å². The van der Waals surface area contributed by atoms with Crippen molar-refractivity contribution >= 4 is 29.0 Å². The van der Waals surface area contributed by atoms with Crippen molar-refractivity contribution in [2.75, 3.05) is 30.3 Å². The number of hydrogen-bond acceptors (Lipinski definition) is 8. The highest BCUT2D eigenvalue weighted by molar-refractivity contribution is 5.84. The molecule has 3 heterocycles. The van der Waals surface area contributed by atoms with Crippen LogP contribution in [0.1, 0.15) is 83.6 Å². The van der Waals surface area contributed by atoms with Crippen molar-refractivity contribution in [1.82, 2.24) is 24.4 Å². The van der Waals surface area contributed by atoms with E-state index in [4.69, 9.17) is 25.4 Å². The number of anilines is 2. The number of nitrogens with one attached hydrogen (secondary N) is 2. The number of nitrogens with zero attached hydrogens (tertiary/aromatic N) is 5. The second-order valence-electron chi connectivity index (χ2n) is 10.4. The Morgan fingerprint density at radius 2 is 1.74 bits per heavy atom. The summed E-state index contributed by atoms with van der Waals surface area (Å²) in [5.41, 5.74) is 7.85. The van der Waals surface area contributed by atoms with Crippen molar-refractivity contribution in [3.63, 3.8) is 0 Å². The standard InChI is InChI=1S/C25H40N8O2/c1-2-15-35-25(34)32-13-11-19(12-14-32)28-22-21-23(33(16-27-21)20-5-3-4-6-20)31-24(30-22)29-18-9-7-17(26)8-10-18/h16-20H,2-15,26H2,1H3,(H2,28,29,30,31). The van der Waals surface area contributed by atoms with Crippen LogP contribution in [-0.4, -0.2) is 68.3 Å². The normalized spacial score (nSPS) is 24.1. The van der Waals surface area contributed by atoms with Gasteiger partial charge in [-0.1, -0.05) is 19.8 Å². The lowest BCUT2D eigenvalue weighted by molar-refractivity contribution is 0.0939. The van der Waals surface area contributed by atoms with E-state index < -0.39 is 0 Å². The number of imidazole rings is 1. The molecule has 0 atom stereocenters. The number of ether oxygens (including phenoxy) is 1. The van der Waals surface area contributed by atoms with Gasteiger partial charge in [0, 0.05) is 37.3 Å². The molecule has 192 valence electrons. The zero-order chi connectivity index (χ0) is 24.2. The van der Waals surface area contributed by atoms with Crippen LogP contribution in [0.5, 0.6) is 0 Å². The number of aromatic nitrogens is 4. The van der Waals surface area contributed by atoms with Crippen molar-refractivity contribution in [1.29, 1.82) is 0 Å². The van der Waals surface area contributed by atoms with E-state index in [0.29, 0.717) is 43.8 Å². The summed E-state index contributed by atoms with van der Waals surface area (Å²) < 4.78 is 7.56. The molecule has 0 unspecified atom stereocenters. The van der Waals surface area contributed by atoms with Crippen molar-refractivity contribution in [3.05, 3.63) is 6.33 Å². The molecule has 2 saturated carbocycles. The van der Waals surface area contributed by atoms with Gasteiger partial charge in [0.15, 0.2) is 17.0 Å². The minimum atomic E-state index is -0.205. The lowest BCUT2D eigenvalue weighted by Crippen LogP contribution is -2.42. The molecular formula is C25H40N8O2. The highest BCUT2D eigenvalue weighted by atomic mass is 16.6. The number of piperidine rings is 1. The number of rotatable bonds is 7. The van der Waals surface area contributed by atoms with Crippen LogP contribution in [0.4, 0.5) is 16.6 Å². The first-order valence-corrected chi connectivity index (χ1v) is 13.6. The Morgan fingerprint density at radius 1 is 1.03 bits per heavy atom. The Bertz CT molecular complexity index is 989. The van der Waals surface area contributed by atoms with Crippen LogP contribution in [0.2, 0.25) is 0 Å². The lowest BCUT2D eigenvalue weighted by Gasteiger charge is -2.32. The summed E-state index contributed by atoms with van der Waals surface area (Å²) in [5, 5.41) is 7.24. The molecule has 0 aromatic carbocycles. The van der Waals surface area contributed by atoms with E-state index in [0.717, 1.165) is 61.9 Å². The zero-order valence-corrected chi connectivity index (χ0v) is 20.9. The van der Waals surface area contributed by atoms with Gasteiger partial charge in [-0.25, -0.2) is 9.78 Å². The van der Waals surface area contributed by atoms with Gasteiger partial charge in [-0.15, -0.1) is 0 Å². The van der Waals surface area contributed by atoms with Crippen molar-refractivity contribution < 1.29 is 9.53 Å². The number of nitrogens with two attached hydrogens (primary N) is 1. The average Bonchev–Trinajstić information content (AvgIpc) is 3.54. The molecule has 3 fully saturated rings. The average molecular weight is 485 g/mol. The topological polar surface area (TPSA) is 123 Å². The van der Waals surface area contributed by atoms with E-state index >= 15 is 0 Å². The van der Waals surface area contributed by atoms with Gasteiger partial charge < -0.3 is 30.6 Å². The number of hydrogen-bond donors (Lipinski definition) is 3. The number of carbonyl (C=O) groups excluding carboxylic acids is 1. The summed E-state index contributed by atoms with van der Waals surface area (Å²) in [7, 11) is 0. The van der Waals surface area contributed by atoms with Gasteiger partial charge in [-0.05, 0) is 57.8 Å². The Hall–Kier alpha value is -2.62. The van der Waals surface area contributed by atoms with Crippen LogP contribution in [-0.2, 0) is 4.74 Å². The molecule has 1 aliphatic heterocycles. The Morgan fingerprint density at radius 3 is 2.46 bits per heavy atom. The third-order valence-electron chi connectivity index (χ3n) is 7.77. The van der Waals surface area contributed by atoms with Gasteiger partial charge in [0.05, 0.1) is 12.9 Å². The van der Waals surface area contributed by atoms with E-state index in [1.54, 1.807) is 4.90 Å². The summed E-state index contributed by atoms with van der Waals surface area (Å²) >= 11 is 0. The van der Waals surface area contributed by atoms with Gasteiger partial charge in [0.25, 0.3) is 0 Å². The fraction of sp³-hybridized carbons (Fsp3) is 0.760. The van der Waals surface area contributed by atoms with Crippen LogP contribution in [0.25, 0.3) is 11.2 Å². The summed E-state index contributed by atoms with van der Waals surface area (Å²) in [6.45, 7) is 3.84. The monoisotopic (exact) mass is 484 g/mol.